The van der Waals surface area contributed by atoms with Gasteiger partial charge in [-0.15, -0.1) is 10.2 Å². The predicted molar refractivity (Wildman–Crippen MR) is 64.2 cm³/mol. The van der Waals surface area contributed by atoms with Gasteiger partial charge in [0.1, 0.15) is 0 Å². The molecule has 0 radical (unpaired) electrons. The molecule has 6 heteroatoms. The number of hydrogen-bond acceptors (Lipinski definition) is 3. The van der Waals surface area contributed by atoms with Gasteiger partial charge >= 0.3 is 0 Å². The van der Waals surface area contributed by atoms with Crippen molar-refractivity contribution >= 4 is 29.1 Å². The standard InChI is InChI=1S/C11H11Cl2N3O/c12-9-4-8(10(13)15-14-9)11(17)16-5-6-1-2-7(16)3-6/h4,6-7H,1-3,5H2. The molecule has 2 fully saturated rings. The number of hydrogen-bond donors (Lipinski definition) is 0. The number of likely N-dealkylation sites (tertiary alicyclic amines) is 1. The van der Waals surface area contributed by atoms with Crippen molar-refractivity contribution < 1.29 is 4.79 Å². The van der Waals surface area contributed by atoms with Gasteiger partial charge in [-0.3, -0.25) is 4.79 Å². The van der Waals surface area contributed by atoms with Crippen LogP contribution in [0.2, 0.25) is 10.3 Å². The molecule has 1 aliphatic carbocycles. The lowest BCUT2D eigenvalue weighted by molar-refractivity contribution is 0.0703. The Hall–Kier alpha value is -0.870. The van der Waals surface area contributed by atoms with Crippen LogP contribution < -0.4 is 0 Å². The first kappa shape index (κ1) is 11.2. The van der Waals surface area contributed by atoms with Crippen LogP contribution in [0, 0.1) is 5.92 Å². The van der Waals surface area contributed by atoms with Gasteiger partial charge in [0.2, 0.25) is 0 Å². The number of carbonyl (C=O) groups excluding carboxylic acids is 1. The monoisotopic (exact) mass is 271 g/mol. The van der Waals surface area contributed by atoms with Crippen LogP contribution in [-0.4, -0.2) is 33.6 Å². The van der Waals surface area contributed by atoms with E-state index in [1.165, 1.54) is 12.5 Å². The van der Waals surface area contributed by atoms with Crippen molar-refractivity contribution in [1.82, 2.24) is 15.1 Å². The molecule has 3 rings (SSSR count). The van der Waals surface area contributed by atoms with E-state index in [2.05, 4.69) is 10.2 Å². The molecular formula is C11H11Cl2N3O. The summed E-state index contributed by atoms with van der Waals surface area (Å²) in [6.45, 7) is 0.833. The van der Waals surface area contributed by atoms with E-state index >= 15 is 0 Å². The highest BCUT2D eigenvalue weighted by molar-refractivity contribution is 6.34. The zero-order valence-electron chi connectivity index (χ0n) is 9.07. The number of fused-ring (bicyclic) bond motifs is 2. The summed E-state index contributed by atoms with van der Waals surface area (Å²) in [6.07, 6.45) is 3.45. The van der Waals surface area contributed by atoms with E-state index in [0.29, 0.717) is 17.5 Å². The Morgan fingerprint density at radius 2 is 2.18 bits per heavy atom. The fourth-order valence-corrected chi connectivity index (χ4v) is 3.15. The fraction of sp³-hybridized carbons (Fsp3) is 0.545. The number of amides is 1. The summed E-state index contributed by atoms with van der Waals surface area (Å²) < 4.78 is 0. The van der Waals surface area contributed by atoms with Gasteiger partial charge in [-0.05, 0) is 31.2 Å². The van der Waals surface area contributed by atoms with Gasteiger partial charge in [0, 0.05) is 12.6 Å². The third-order valence-corrected chi connectivity index (χ3v) is 4.08. The average molecular weight is 272 g/mol. The van der Waals surface area contributed by atoms with E-state index in [4.69, 9.17) is 23.2 Å². The number of piperidine rings is 1. The highest BCUT2D eigenvalue weighted by atomic mass is 35.5. The molecule has 90 valence electrons. The zero-order valence-corrected chi connectivity index (χ0v) is 10.6. The molecule has 2 aliphatic rings. The number of nitrogens with zero attached hydrogens (tertiary/aromatic N) is 3. The molecule has 2 bridgehead atoms. The Morgan fingerprint density at radius 1 is 1.35 bits per heavy atom. The Labute approximate surface area is 109 Å². The molecule has 1 saturated carbocycles. The Balaban J connectivity index is 1.89. The van der Waals surface area contributed by atoms with E-state index < -0.39 is 0 Å². The molecule has 1 saturated heterocycles. The summed E-state index contributed by atoms with van der Waals surface area (Å²) in [5.74, 6) is 0.590. The predicted octanol–water partition coefficient (Wildman–Crippen LogP) is 2.41. The van der Waals surface area contributed by atoms with Crippen molar-refractivity contribution in [3.8, 4) is 0 Å². The van der Waals surface area contributed by atoms with Gasteiger partial charge < -0.3 is 4.90 Å². The molecule has 1 aliphatic heterocycles. The molecule has 1 aromatic rings. The molecule has 0 N–H and O–H groups in total. The van der Waals surface area contributed by atoms with Crippen LogP contribution in [0.15, 0.2) is 6.07 Å². The van der Waals surface area contributed by atoms with Gasteiger partial charge in [-0.1, -0.05) is 23.2 Å². The maximum atomic E-state index is 12.3. The van der Waals surface area contributed by atoms with E-state index in [0.717, 1.165) is 19.4 Å². The average Bonchev–Trinajstić information content (AvgIpc) is 2.93. The smallest absolute Gasteiger partial charge is 0.257 e. The molecule has 2 heterocycles. The second kappa shape index (κ2) is 4.10. The first-order valence-corrected chi connectivity index (χ1v) is 6.40. The van der Waals surface area contributed by atoms with Gasteiger partial charge in [-0.2, -0.15) is 0 Å². The lowest BCUT2D eigenvalue weighted by Gasteiger charge is -2.27. The Kier molecular flexibility index (Phi) is 2.71. The van der Waals surface area contributed by atoms with Gasteiger partial charge in [0.05, 0.1) is 5.56 Å². The van der Waals surface area contributed by atoms with Crippen molar-refractivity contribution in [3.05, 3.63) is 21.9 Å². The number of rotatable bonds is 1. The Bertz CT molecular complexity index is 480. The lowest BCUT2D eigenvalue weighted by atomic mass is 10.1. The van der Waals surface area contributed by atoms with Crippen molar-refractivity contribution in [1.29, 1.82) is 0 Å². The molecule has 2 unspecified atom stereocenters. The first-order valence-electron chi connectivity index (χ1n) is 5.65. The number of aromatic nitrogens is 2. The largest absolute Gasteiger partial charge is 0.335 e. The molecule has 2 atom stereocenters. The minimum atomic E-state index is -0.0704. The molecule has 17 heavy (non-hydrogen) atoms. The van der Waals surface area contributed by atoms with Crippen molar-refractivity contribution in [2.45, 2.75) is 25.3 Å². The number of halogens is 2. The molecular weight excluding hydrogens is 261 g/mol. The van der Waals surface area contributed by atoms with Crippen LogP contribution >= 0.6 is 23.2 Å². The summed E-state index contributed by atoms with van der Waals surface area (Å²) >= 11 is 11.6. The van der Waals surface area contributed by atoms with Crippen molar-refractivity contribution in [3.63, 3.8) is 0 Å². The normalized spacial score (nSPS) is 26.6. The van der Waals surface area contributed by atoms with Crippen molar-refractivity contribution in [2.75, 3.05) is 6.54 Å². The van der Waals surface area contributed by atoms with Crippen LogP contribution in [0.4, 0.5) is 0 Å². The first-order chi connectivity index (χ1) is 8.15. The minimum Gasteiger partial charge on any atom is -0.335 e. The van der Waals surface area contributed by atoms with Crippen LogP contribution in [0.25, 0.3) is 0 Å². The van der Waals surface area contributed by atoms with Gasteiger partial charge in [0.25, 0.3) is 5.91 Å². The van der Waals surface area contributed by atoms with Crippen LogP contribution in [0.5, 0.6) is 0 Å². The van der Waals surface area contributed by atoms with Gasteiger partial charge in [-0.25, -0.2) is 0 Å². The minimum absolute atomic E-state index is 0.0704. The third-order valence-electron chi connectivity index (χ3n) is 3.62. The summed E-state index contributed by atoms with van der Waals surface area (Å²) in [4.78, 5) is 14.2. The maximum absolute atomic E-state index is 12.3. The molecule has 4 nitrogen and oxygen atoms in total. The summed E-state index contributed by atoms with van der Waals surface area (Å²) in [5.41, 5.74) is 0.360. The second-order valence-corrected chi connectivity index (χ2v) is 5.41. The summed E-state index contributed by atoms with van der Waals surface area (Å²) in [6, 6.07) is 1.86. The molecule has 0 aromatic carbocycles. The Morgan fingerprint density at radius 3 is 2.82 bits per heavy atom. The van der Waals surface area contributed by atoms with E-state index in [-0.39, 0.29) is 16.2 Å². The van der Waals surface area contributed by atoms with E-state index in [1.807, 2.05) is 4.90 Å². The fourth-order valence-electron chi connectivity index (χ4n) is 2.83. The zero-order chi connectivity index (χ0) is 12.0. The SMILES string of the molecule is O=C(c1cc(Cl)nnc1Cl)N1CC2CCC1C2. The molecule has 1 amide bonds. The molecule has 1 aromatic heterocycles. The lowest BCUT2D eigenvalue weighted by Crippen LogP contribution is -2.37. The van der Waals surface area contributed by atoms with Crippen LogP contribution in [0.1, 0.15) is 29.6 Å². The quantitative estimate of drug-likeness (QED) is 0.788. The summed E-state index contributed by atoms with van der Waals surface area (Å²) in [5, 5.41) is 7.60. The van der Waals surface area contributed by atoms with Crippen LogP contribution in [0.3, 0.4) is 0 Å². The summed E-state index contributed by atoms with van der Waals surface area (Å²) in [7, 11) is 0. The van der Waals surface area contributed by atoms with E-state index in [9.17, 15) is 4.79 Å². The molecule has 0 spiro atoms. The van der Waals surface area contributed by atoms with Gasteiger partial charge in [0.15, 0.2) is 10.3 Å². The number of carbonyl (C=O) groups is 1. The highest BCUT2D eigenvalue weighted by Gasteiger charge is 2.41. The van der Waals surface area contributed by atoms with Crippen molar-refractivity contribution in [2.24, 2.45) is 5.92 Å². The second-order valence-electron chi connectivity index (χ2n) is 4.66. The topological polar surface area (TPSA) is 46.1 Å². The third kappa shape index (κ3) is 1.89. The van der Waals surface area contributed by atoms with E-state index in [1.54, 1.807) is 0 Å². The maximum Gasteiger partial charge on any atom is 0.257 e. The van der Waals surface area contributed by atoms with Crippen LogP contribution in [-0.2, 0) is 0 Å². The highest BCUT2D eigenvalue weighted by Crippen LogP contribution is 2.38.